The first-order valence-electron chi connectivity index (χ1n) is 13.8. The minimum atomic E-state index is -2.73. The van der Waals surface area contributed by atoms with Gasteiger partial charge in [0.2, 0.25) is 11.8 Å². The average Bonchev–Trinajstić information content (AvgIpc) is 3.39. The third kappa shape index (κ3) is 6.31. The van der Waals surface area contributed by atoms with E-state index < -0.39 is 35.3 Å². The Bertz CT molecular complexity index is 1400. The molecule has 1 aliphatic carbocycles. The van der Waals surface area contributed by atoms with Crippen molar-refractivity contribution < 1.29 is 32.6 Å². The number of fused-ring (bicyclic) bond motifs is 1. The zero-order valence-corrected chi connectivity index (χ0v) is 22.8. The second kappa shape index (κ2) is 11.8. The molecule has 2 amide bonds. The summed E-state index contributed by atoms with van der Waals surface area (Å²) < 4.78 is 39.8. The lowest BCUT2D eigenvalue weighted by Crippen LogP contribution is -2.52. The third-order valence-electron chi connectivity index (χ3n) is 7.99. The van der Waals surface area contributed by atoms with Crippen molar-refractivity contribution in [1.29, 1.82) is 0 Å². The number of alkyl halides is 2. The summed E-state index contributed by atoms with van der Waals surface area (Å²) in [6.07, 6.45) is 1.84. The van der Waals surface area contributed by atoms with E-state index in [0.717, 1.165) is 5.56 Å². The predicted molar refractivity (Wildman–Crippen MR) is 143 cm³/mol. The topological polar surface area (TPSA) is 124 Å². The van der Waals surface area contributed by atoms with Crippen molar-refractivity contribution in [2.45, 2.75) is 63.5 Å². The van der Waals surface area contributed by atoms with Crippen LogP contribution in [0.2, 0.25) is 0 Å². The molecular formula is C29H33F2N5O5. The molecule has 1 aliphatic heterocycles. The van der Waals surface area contributed by atoms with Gasteiger partial charge in [0.1, 0.15) is 6.61 Å². The largest absolute Gasteiger partial charge is 0.468 e. The summed E-state index contributed by atoms with van der Waals surface area (Å²) >= 11 is 0. The highest BCUT2D eigenvalue weighted by molar-refractivity contribution is 6.03. The Balaban J connectivity index is 1.38. The second-order valence-corrected chi connectivity index (χ2v) is 10.8. The van der Waals surface area contributed by atoms with Crippen molar-refractivity contribution >= 4 is 23.6 Å². The van der Waals surface area contributed by atoms with E-state index in [1.165, 1.54) is 11.6 Å². The molecule has 0 spiro atoms. The first-order valence-corrected chi connectivity index (χ1v) is 13.8. The maximum absolute atomic E-state index is 14.0. The third-order valence-corrected chi connectivity index (χ3v) is 7.99. The van der Waals surface area contributed by atoms with Crippen LogP contribution >= 0.6 is 0 Å². The number of ether oxygens (including phenoxy) is 2. The van der Waals surface area contributed by atoms with Crippen molar-refractivity contribution in [3.63, 3.8) is 0 Å². The van der Waals surface area contributed by atoms with E-state index in [1.807, 2.05) is 30.3 Å². The van der Waals surface area contributed by atoms with E-state index >= 15 is 0 Å². The predicted octanol–water partition coefficient (Wildman–Crippen LogP) is 4.13. The van der Waals surface area contributed by atoms with Crippen molar-refractivity contribution in [2.75, 3.05) is 13.7 Å². The number of rotatable bonds is 8. The van der Waals surface area contributed by atoms with Crippen LogP contribution in [-0.4, -0.2) is 52.1 Å². The van der Waals surface area contributed by atoms with Gasteiger partial charge >= 0.3 is 12.1 Å². The van der Waals surface area contributed by atoms with Gasteiger partial charge in [-0.2, -0.15) is 5.10 Å². The van der Waals surface area contributed by atoms with Gasteiger partial charge in [-0.15, -0.1) is 0 Å². The van der Waals surface area contributed by atoms with Gasteiger partial charge in [-0.05, 0) is 49.3 Å². The van der Waals surface area contributed by atoms with Crippen molar-refractivity contribution in [2.24, 2.45) is 11.3 Å². The molecule has 1 saturated heterocycles. The van der Waals surface area contributed by atoms with Crippen LogP contribution in [0.15, 0.2) is 48.7 Å². The van der Waals surface area contributed by atoms with E-state index in [0.29, 0.717) is 36.4 Å². The van der Waals surface area contributed by atoms with Crippen LogP contribution in [0.5, 0.6) is 0 Å². The molecule has 3 aromatic rings. The smallest absolute Gasteiger partial charge is 0.408 e. The highest BCUT2D eigenvalue weighted by Gasteiger charge is 2.49. The summed E-state index contributed by atoms with van der Waals surface area (Å²) in [4.78, 5) is 42.9. The zero-order valence-electron chi connectivity index (χ0n) is 22.8. The summed E-state index contributed by atoms with van der Waals surface area (Å²) in [6.45, 7) is 0.553. The Morgan fingerprint density at radius 3 is 2.61 bits per heavy atom. The fourth-order valence-corrected chi connectivity index (χ4v) is 5.72. The molecule has 5 rings (SSSR count). The van der Waals surface area contributed by atoms with Crippen LogP contribution in [0, 0.1) is 11.3 Å². The molecule has 41 heavy (non-hydrogen) atoms. The lowest BCUT2D eigenvalue weighted by molar-refractivity contribution is -0.161. The minimum absolute atomic E-state index is 0.0418. The van der Waals surface area contributed by atoms with Gasteiger partial charge in [0.15, 0.2) is 11.1 Å². The first kappa shape index (κ1) is 28.4. The number of halogens is 2. The number of nitrogens with zero attached hydrogens (tertiary/aromatic N) is 3. The van der Waals surface area contributed by atoms with Gasteiger partial charge < -0.3 is 20.1 Å². The Kier molecular flexibility index (Phi) is 8.18. The molecular weight excluding hydrogens is 536 g/mol. The molecule has 0 radical (unpaired) electrons. The number of alkyl carbamates (subject to hydrolysis) is 1. The van der Waals surface area contributed by atoms with Gasteiger partial charge in [0.25, 0.3) is 0 Å². The molecule has 0 bridgehead atoms. The maximum atomic E-state index is 14.0. The minimum Gasteiger partial charge on any atom is -0.468 e. The molecule has 2 aromatic heterocycles. The van der Waals surface area contributed by atoms with Crippen LogP contribution in [0.25, 0.3) is 5.65 Å². The molecule has 2 N–H and O–H groups in total. The van der Waals surface area contributed by atoms with E-state index in [9.17, 15) is 23.2 Å². The van der Waals surface area contributed by atoms with Crippen LogP contribution in [0.1, 0.15) is 61.5 Å². The number of aromatic nitrogens is 3. The molecule has 2 fully saturated rings. The molecule has 1 aromatic carbocycles. The van der Waals surface area contributed by atoms with Crippen molar-refractivity contribution in [3.8, 4) is 0 Å². The van der Waals surface area contributed by atoms with Crippen LogP contribution in [0.3, 0.4) is 0 Å². The van der Waals surface area contributed by atoms with E-state index in [2.05, 4.69) is 20.7 Å². The zero-order chi connectivity index (χ0) is 29.0. The molecule has 2 atom stereocenters. The number of piperidine rings is 1. The van der Waals surface area contributed by atoms with E-state index in [4.69, 9.17) is 9.47 Å². The molecule has 12 heteroatoms. The number of amides is 2. The maximum Gasteiger partial charge on any atom is 0.408 e. The quantitative estimate of drug-likeness (QED) is 0.309. The Morgan fingerprint density at radius 2 is 1.90 bits per heavy atom. The number of nitrogens with one attached hydrogen (secondary N) is 2. The SMILES string of the molecule is COC(=O)C1(Cc2ccc3nc([C@@H](NC(=O)OCc4ccccc4)C4CCC(F)(F)CC4)cn3n2)CCCNC1=O. The normalized spacial score (nSPS) is 21.6. The number of hydrogen-bond donors (Lipinski definition) is 2. The standard InChI is InChI=1S/C29H33F2N5O5/c1-40-26(38)28(12-5-15-32-25(28)37)16-21-8-9-23-33-22(17-36(23)35-21)24(20-10-13-29(30,31)14-11-20)34-27(39)41-18-19-6-3-2-4-7-19/h2-4,6-9,17,20,24H,5,10-16,18H2,1H3,(H,32,37)(H,34,39)/t24-,28?/m0/s1. The van der Waals surface area contributed by atoms with Gasteiger partial charge in [-0.1, -0.05) is 30.3 Å². The van der Waals surface area contributed by atoms with Gasteiger partial charge in [-0.3, -0.25) is 9.59 Å². The van der Waals surface area contributed by atoms with Crippen molar-refractivity contribution in [3.05, 3.63) is 65.6 Å². The van der Waals surface area contributed by atoms with Gasteiger partial charge in [-0.25, -0.2) is 23.1 Å². The molecule has 2 aliphatic rings. The van der Waals surface area contributed by atoms with Crippen LogP contribution < -0.4 is 10.6 Å². The lowest BCUT2D eigenvalue weighted by Gasteiger charge is -2.33. The van der Waals surface area contributed by atoms with Crippen LogP contribution in [0.4, 0.5) is 13.6 Å². The number of imidazole rings is 1. The highest BCUT2D eigenvalue weighted by Crippen LogP contribution is 2.41. The fraction of sp³-hybridized carbons (Fsp3) is 0.483. The second-order valence-electron chi connectivity index (χ2n) is 10.8. The average molecular weight is 570 g/mol. The number of esters is 1. The molecule has 1 saturated carbocycles. The van der Waals surface area contributed by atoms with Crippen molar-refractivity contribution in [1.82, 2.24) is 25.2 Å². The number of carbonyl (C=O) groups excluding carboxylic acids is 3. The fourth-order valence-electron chi connectivity index (χ4n) is 5.72. The van der Waals surface area contributed by atoms with E-state index in [-0.39, 0.29) is 44.6 Å². The van der Waals surface area contributed by atoms with Crippen LogP contribution in [-0.2, 0) is 32.1 Å². The molecule has 10 nitrogen and oxygen atoms in total. The summed E-state index contributed by atoms with van der Waals surface area (Å²) in [7, 11) is 1.25. The monoisotopic (exact) mass is 569 g/mol. The number of methoxy groups -OCH3 is 1. The number of hydrogen-bond acceptors (Lipinski definition) is 7. The highest BCUT2D eigenvalue weighted by atomic mass is 19.3. The Labute approximate surface area is 235 Å². The summed E-state index contributed by atoms with van der Waals surface area (Å²) in [5.74, 6) is -4.02. The molecule has 1 unspecified atom stereocenters. The number of benzene rings is 1. The van der Waals surface area contributed by atoms with Gasteiger partial charge in [0.05, 0.1) is 30.7 Å². The Hall–Kier alpha value is -4.09. The first-order chi connectivity index (χ1) is 19.7. The van der Waals surface area contributed by atoms with E-state index in [1.54, 1.807) is 18.3 Å². The summed E-state index contributed by atoms with van der Waals surface area (Å²) in [5, 5.41) is 10.2. The number of carbonyl (C=O) groups is 3. The molecule has 3 heterocycles. The lowest BCUT2D eigenvalue weighted by atomic mass is 9.76. The Morgan fingerprint density at radius 1 is 1.15 bits per heavy atom. The summed E-state index contributed by atoms with van der Waals surface area (Å²) in [5.41, 5.74) is 0.844. The molecule has 218 valence electrons. The summed E-state index contributed by atoms with van der Waals surface area (Å²) in [6, 6.07) is 11.9. The van der Waals surface area contributed by atoms with Gasteiger partial charge in [0, 0.05) is 25.8 Å².